The van der Waals surface area contributed by atoms with E-state index in [1.165, 1.54) is 22.3 Å². The number of hydrogen-bond acceptors (Lipinski definition) is 5. The van der Waals surface area contributed by atoms with Crippen molar-refractivity contribution in [3.8, 4) is 0 Å². The summed E-state index contributed by atoms with van der Waals surface area (Å²) >= 11 is 0. The molecule has 0 amide bonds. The predicted octanol–water partition coefficient (Wildman–Crippen LogP) is 3.58. The van der Waals surface area contributed by atoms with E-state index in [1.807, 2.05) is 6.92 Å². The van der Waals surface area contributed by atoms with Gasteiger partial charge in [0.15, 0.2) is 0 Å². The van der Waals surface area contributed by atoms with Crippen LogP contribution < -0.4 is 4.90 Å². The average Bonchev–Trinajstić information content (AvgIpc) is 2.67. The summed E-state index contributed by atoms with van der Waals surface area (Å²) in [6.07, 6.45) is 2.56. The standard InChI is InChI=1S/C24H36N4O/c1-6-7-22(29)16-27-10-12-28(13-11-27)24-23(19(4)25-20(5)26-24)15-21-14-17(2)8-9-18(21)3/h8-9,14,22,29H,6-7,10-13,15-16H2,1-5H3/t22-/m0/s1. The monoisotopic (exact) mass is 396 g/mol. The van der Waals surface area contributed by atoms with Gasteiger partial charge in [-0.2, -0.15) is 0 Å². The predicted molar refractivity (Wildman–Crippen MR) is 120 cm³/mol. The van der Waals surface area contributed by atoms with Crippen LogP contribution in [0.15, 0.2) is 18.2 Å². The van der Waals surface area contributed by atoms with E-state index < -0.39 is 0 Å². The lowest BCUT2D eigenvalue weighted by Gasteiger charge is -2.37. The first kappa shape index (κ1) is 21.7. The van der Waals surface area contributed by atoms with E-state index in [2.05, 4.69) is 60.7 Å². The van der Waals surface area contributed by atoms with Gasteiger partial charge in [0.2, 0.25) is 0 Å². The number of aliphatic hydroxyl groups is 1. The molecule has 0 bridgehead atoms. The Morgan fingerprint density at radius 3 is 2.45 bits per heavy atom. The van der Waals surface area contributed by atoms with E-state index >= 15 is 0 Å². The van der Waals surface area contributed by atoms with Crippen LogP contribution in [0.25, 0.3) is 0 Å². The largest absolute Gasteiger partial charge is 0.392 e. The van der Waals surface area contributed by atoms with Crippen molar-refractivity contribution in [3.05, 3.63) is 52.0 Å². The Morgan fingerprint density at radius 2 is 1.76 bits per heavy atom. The molecule has 1 saturated heterocycles. The fourth-order valence-corrected chi connectivity index (χ4v) is 4.23. The van der Waals surface area contributed by atoms with Gasteiger partial charge in [-0.25, -0.2) is 9.97 Å². The Hall–Kier alpha value is -1.98. The highest BCUT2D eigenvalue weighted by molar-refractivity contribution is 5.52. The minimum absolute atomic E-state index is 0.213. The molecule has 0 spiro atoms. The summed E-state index contributed by atoms with van der Waals surface area (Å²) in [6, 6.07) is 6.66. The Labute approximate surface area is 175 Å². The van der Waals surface area contributed by atoms with Crippen LogP contribution in [-0.4, -0.2) is 58.8 Å². The zero-order chi connectivity index (χ0) is 21.0. The molecular weight excluding hydrogens is 360 g/mol. The first-order valence-corrected chi connectivity index (χ1v) is 10.9. The molecule has 0 saturated carbocycles. The third-order valence-electron chi connectivity index (χ3n) is 5.94. The van der Waals surface area contributed by atoms with E-state index in [-0.39, 0.29) is 6.10 Å². The van der Waals surface area contributed by atoms with Crippen LogP contribution in [0.4, 0.5) is 5.82 Å². The van der Waals surface area contributed by atoms with Crippen molar-refractivity contribution in [3.63, 3.8) is 0 Å². The lowest BCUT2D eigenvalue weighted by Crippen LogP contribution is -2.49. The summed E-state index contributed by atoms with van der Waals surface area (Å²) in [5.41, 5.74) is 6.27. The lowest BCUT2D eigenvalue weighted by molar-refractivity contribution is 0.101. The Bertz CT molecular complexity index is 828. The second kappa shape index (κ2) is 9.68. The molecule has 2 aromatic rings. The Balaban J connectivity index is 1.78. The highest BCUT2D eigenvalue weighted by Crippen LogP contribution is 2.26. The maximum Gasteiger partial charge on any atom is 0.136 e. The molecule has 1 N–H and O–H groups in total. The number of anilines is 1. The first-order valence-electron chi connectivity index (χ1n) is 10.9. The molecule has 5 heteroatoms. The van der Waals surface area contributed by atoms with Crippen molar-refractivity contribution in [2.45, 2.75) is 60.0 Å². The van der Waals surface area contributed by atoms with Crippen molar-refractivity contribution >= 4 is 5.82 Å². The van der Waals surface area contributed by atoms with Crippen LogP contribution in [-0.2, 0) is 6.42 Å². The summed E-state index contributed by atoms with van der Waals surface area (Å²) in [4.78, 5) is 14.3. The van der Waals surface area contributed by atoms with Crippen LogP contribution in [0.1, 0.15) is 53.5 Å². The maximum absolute atomic E-state index is 10.1. The topological polar surface area (TPSA) is 52.5 Å². The average molecular weight is 397 g/mol. The molecule has 1 atom stereocenters. The lowest BCUT2D eigenvalue weighted by atomic mass is 9.97. The highest BCUT2D eigenvalue weighted by atomic mass is 16.3. The van der Waals surface area contributed by atoms with E-state index in [1.54, 1.807) is 0 Å². The van der Waals surface area contributed by atoms with Gasteiger partial charge in [0.05, 0.1) is 6.10 Å². The number of β-amino-alcohol motifs (C(OH)–C–C–N with tert-alkyl or cyclic N) is 1. The van der Waals surface area contributed by atoms with Crippen LogP contribution in [0.3, 0.4) is 0 Å². The zero-order valence-corrected chi connectivity index (χ0v) is 18.7. The molecule has 0 aliphatic carbocycles. The van der Waals surface area contributed by atoms with Gasteiger partial charge in [0.1, 0.15) is 11.6 Å². The number of aromatic nitrogens is 2. The first-order chi connectivity index (χ1) is 13.9. The van der Waals surface area contributed by atoms with Gasteiger partial charge in [-0.05, 0) is 45.2 Å². The normalized spacial score (nSPS) is 16.3. The number of piperazine rings is 1. The number of hydrogen-bond donors (Lipinski definition) is 1. The third-order valence-corrected chi connectivity index (χ3v) is 5.94. The number of aliphatic hydroxyl groups excluding tert-OH is 1. The number of benzene rings is 1. The molecule has 1 aliphatic heterocycles. The maximum atomic E-state index is 10.1. The fraction of sp³-hybridized carbons (Fsp3) is 0.583. The highest BCUT2D eigenvalue weighted by Gasteiger charge is 2.23. The van der Waals surface area contributed by atoms with Gasteiger partial charge in [-0.1, -0.05) is 37.1 Å². The summed E-state index contributed by atoms with van der Waals surface area (Å²) in [7, 11) is 0. The zero-order valence-electron chi connectivity index (χ0n) is 18.7. The third kappa shape index (κ3) is 5.55. The number of nitrogens with zero attached hydrogens (tertiary/aromatic N) is 4. The number of aryl methyl sites for hydroxylation is 4. The SMILES string of the molecule is CCC[C@H](O)CN1CCN(c2nc(C)nc(C)c2Cc2cc(C)ccc2C)CC1. The summed E-state index contributed by atoms with van der Waals surface area (Å²) in [5.74, 6) is 1.92. The molecular formula is C24H36N4O. The van der Waals surface area contributed by atoms with E-state index in [0.29, 0.717) is 0 Å². The van der Waals surface area contributed by atoms with Crippen LogP contribution in [0.5, 0.6) is 0 Å². The van der Waals surface area contributed by atoms with Gasteiger partial charge >= 0.3 is 0 Å². The van der Waals surface area contributed by atoms with Crippen molar-refractivity contribution in [1.82, 2.24) is 14.9 Å². The summed E-state index contributed by atoms with van der Waals surface area (Å²) < 4.78 is 0. The van der Waals surface area contributed by atoms with E-state index in [4.69, 9.17) is 4.98 Å². The van der Waals surface area contributed by atoms with Gasteiger partial charge in [0.25, 0.3) is 0 Å². The van der Waals surface area contributed by atoms with Crippen molar-refractivity contribution in [1.29, 1.82) is 0 Å². The summed E-state index contributed by atoms with van der Waals surface area (Å²) in [6.45, 7) is 15.1. The van der Waals surface area contributed by atoms with Crippen LogP contribution in [0, 0.1) is 27.7 Å². The van der Waals surface area contributed by atoms with Gasteiger partial charge in [-0.15, -0.1) is 0 Å². The van der Waals surface area contributed by atoms with Crippen molar-refractivity contribution in [2.24, 2.45) is 0 Å². The smallest absolute Gasteiger partial charge is 0.136 e. The van der Waals surface area contributed by atoms with Crippen molar-refractivity contribution < 1.29 is 5.11 Å². The minimum atomic E-state index is -0.213. The molecule has 1 fully saturated rings. The Morgan fingerprint density at radius 1 is 1.03 bits per heavy atom. The minimum Gasteiger partial charge on any atom is -0.392 e. The molecule has 3 rings (SSSR count). The molecule has 1 aromatic heterocycles. The summed E-state index contributed by atoms with van der Waals surface area (Å²) in [5, 5.41) is 10.1. The molecule has 5 nitrogen and oxygen atoms in total. The van der Waals surface area contributed by atoms with E-state index in [9.17, 15) is 5.11 Å². The molecule has 2 heterocycles. The van der Waals surface area contributed by atoms with Gasteiger partial charge in [-0.3, -0.25) is 4.90 Å². The molecule has 158 valence electrons. The Kier molecular flexibility index (Phi) is 7.25. The quantitative estimate of drug-likeness (QED) is 0.775. The molecule has 1 aromatic carbocycles. The van der Waals surface area contributed by atoms with Gasteiger partial charge in [0, 0.05) is 50.4 Å². The van der Waals surface area contributed by atoms with Gasteiger partial charge < -0.3 is 10.0 Å². The second-order valence-corrected chi connectivity index (χ2v) is 8.50. The molecule has 1 aliphatic rings. The number of rotatable bonds is 7. The van der Waals surface area contributed by atoms with Crippen LogP contribution >= 0.6 is 0 Å². The second-order valence-electron chi connectivity index (χ2n) is 8.50. The molecule has 0 radical (unpaired) electrons. The van der Waals surface area contributed by atoms with Crippen LogP contribution in [0.2, 0.25) is 0 Å². The molecule has 0 unspecified atom stereocenters. The van der Waals surface area contributed by atoms with E-state index in [0.717, 1.165) is 69.3 Å². The molecule has 29 heavy (non-hydrogen) atoms. The fourth-order valence-electron chi connectivity index (χ4n) is 4.23. The van der Waals surface area contributed by atoms with Crippen molar-refractivity contribution in [2.75, 3.05) is 37.6 Å².